The molecule has 0 radical (unpaired) electrons. The van der Waals surface area contributed by atoms with E-state index in [0.29, 0.717) is 44.8 Å². The Labute approximate surface area is 194 Å². The molecule has 4 aliphatic rings. The first-order chi connectivity index (χ1) is 15.3. The second kappa shape index (κ2) is 7.12. The molecule has 2 aromatic rings. The molecule has 2 bridgehead atoms. The molecule has 32 heavy (non-hydrogen) atoms. The number of Topliss-reactive ketones (excluding diaryl/α,β-unsaturated/α-hetero) is 1. The molecule has 6 nitrogen and oxygen atoms in total. The largest absolute Gasteiger partial charge is 0.507 e. The van der Waals surface area contributed by atoms with E-state index in [0.717, 1.165) is 11.1 Å². The molecule has 166 valence electrons. The van der Waals surface area contributed by atoms with Gasteiger partial charge in [0.2, 0.25) is 0 Å². The predicted molar refractivity (Wildman–Crippen MR) is 123 cm³/mol. The third-order valence-electron chi connectivity index (χ3n) is 6.86. The number of hydrogen-bond donors (Lipinski definition) is 2. The van der Waals surface area contributed by atoms with E-state index >= 15 is 0 Å². The van der Waals surface area contributed by atoms with Crippen LogP contribution in [0, 0.1) is 12.3 Å². The van der Waals surface area contributed by atoms with Gasteiger partial charge in [-0.2, -0.15) is 0 Å². The lowest BCUT2D eigenvalue weighted by Gasteiger charge is -2.43. The topological polar surface area (TPSA) is 85.2 Å². The number of aliphatic hydroxyl groups is 2. The Bertz CT molecular complexity index is 1240. The molecule has 7 heteroatoms. The third-order valence-corrected chi connectivity index (χ3v) is 7.61. The molecule has 6 rings (SSSR count). The molecule has 0 unspecified atom stereocenters. The second-order valence-electron chi connectivity index (χ2n) is 8.47. The van der Waals surface area contributed by atoms with Crippen molar-refractivity contribution in [2.45, 2.75) is 25.4 Å². The Kier molecular flexibility index (Phi) is 4.69. The van der Waals surface area contributed by atoms with E-state index in [9.17, 15) is 15.0 Å². The third kappa shape index (κ3) is 2.52. The number of aryl methyl sites for hydroxylation is 1. The zero-order chi connectivity index (χ0) is 22.9. The van der Waals surface area contributed by atoms with E-state index in [1.807, 2.05) is 31.2 Å². The highest BCUT2D eigenvalue weighted by atomic mass is 79.9. The van der Waals surface area contributed by atoms with Gasteiger partial charge < -0.3 is 24.4 Å². The van der Waals surface area contributed by atoms with Gasteiger partial charge >= 0.3 is 0 Å². The highest BCUT2D eigenvalue weighted by Crippen LogP contribution is 2.61. The molecule has 0 saturated carbocycles. The molecular weight excluding hydrogens is 476 g/mol. The van der Waals surface area contributed by atoms with Crippen molar-refractivity contribution < 1.29 is 29.2 Å². The van der Waals surface area contributed by atoms with Gasteiger partial charge in [-0.1, -0.05) is 18.2 Å². The summed E-state index contributed by atoms with van der Waals surface area (Å²) in [6.07, 6.45) is 2.93. The van der Waals surface area contributed by atoms with Crippen LogP contribution in [0.1, 0.15) is 39.8 Å². The standard InChI is InChI=1S/C25H23BrO6/c1-11-7-14-18(15(8-11)30-2)22(28)19-21(27)13-5-6-25(19,24(14)29)10-12-9-16(31-3)20(26)23(32-4)17(12)13/h5-9,13,24,28-29H,10H2,1-4H3/t13-,24+,25-/m1/s1. The van der Waals surface area contributed by atoms with Crippen molar-refractivity contribution >= 4 is 27.5 Å². The fraction of sp³-hybridized carbons (Fsp3) is 0.320. The van der Waals surface area contributed by atoms with E-state index in [2.05, 4.69) is 15.9 Å². The van der Waals surface area contributed by atoms with Gasteiger partial charge in [-0.15, -0.1) is 0 Å². The minimum absolute atomic E-state index is 0.140. The van der Waals surface area contributed by atoms with Crippen molar-refractivity contribution in [2.24, 2.45) is 5.41 Å². The van der Waals surface area contributed by atoms with Crippen LogP contribution in [0.4, 0.5) is 0 Å². The van der Waals surface area contributed by atoms with Crippen molar-refractivity contribution in [3.63, 3.8) is 0 Å². The zero-order valence-electron chi connectivity index (χ0n) is 18.2. The van der Waals surface area contributed by atoms with E-state index in [1.54, 1.807) is 20.3 Å². The van der Waals surface area contributed by atoms with Crippen molar-refractivity contribution in [3.8, 4) is 17.2 Å². The summed E-state index contributed by atoms with van der Waals surface area (Å²) in [7, 11) is 4.62. The number of hydrogen-bond acceptors (Lipinski definition) is 6. The lowest BCUT2D eigenvalue weighted by Crippen LogP contribution is -2.40. The fourth-order valence-electron chi connectivity index (χ4n) is 5.50. The first kappa shape index (κ1) is 21.1. The smallest absolute Gasteiger partial charge is 0.174 e. The van der Waals surface area contributed by atoms with Crippen LogP contribution in [-0.2, 0) is 11.2 Å². The van der Waals surface area contributed by atoms with Gasteiger partial charge in [0, 0.05) is 5.56 Å². The maximum atomic E-state index is 13.8. The Hall–Kier alpha value is -2.77. The molecule has 0 aliphatic heterocycles. The van der Waals surface area contributed by atoms with Crippen LogP contribution >= 0.6 is 15.9 Å². The summed E-state index contributed by atoms with van der Waals surface area (Å²) in [5.74, 6) is 0.462. The maximum Gasteiger partial charge on any atom is 0.174 e. The molecule has 4 aliphatic carbocycles. The van der Waals surface area contributed by atoms with Crippen LogP contribution in [0.25, 0.3) is 5.76 Å². The molecule has 2 N–H and O–H groups in total. The Morgan fingerprint density at radius 1 is 1.09 bits per heavy atom. The maximum absolute atomic E-state index is 13.8. The summed E-state index contributed by atoms with van der Waals surface area (Å²) in [5.41, 5.74) is 2.44. The summed E-state index contributed by atoms with van der Waals surface area (Å²) in [5, 5.41) is 23.1. The van der Waals surface area contributed by atoms with Crippen molar-refractivity contribution in [1.82, 2.24) is 0 Å². The first-order valence-electron chi connectivity index (χ1n) is 10.3. The Balaban J connectivity index is 1.86. The summed E-state index contributed by atoms with van der Waals surface area (Å²) < 4.78 is 17.3. The van der Waals surface area contributed by atoms with Crippen LogP contribution in [0.5, 0.6) is 17.2 Å². The summed E-state index contributed by atoms with van der Waals surface area (Å²) in [4.78, 5) is 13.8. The minimum Gasteiger partial charge on any atom is -0.507 e. The number of allylic oxidation sites excluding steroid dienone is 1. The van der Waals surface area contributed by atoms with Gasteiger partial charge in [-0.25, -0.2) is 0 Å². The van der Waals surface area contributed by atoms with Crippen LogP contribution in [0.2, 0.25) is 0 Å². The monoisotopic (exact) mass is 498 g/mol. The van der Waals surface area contributed by atoms with Crippen molar-refractivity contribution in [1.29, 1.82) is 0 Å². The van der Waals surface area contributed by atoms with E-state index < -0.39 is 17.4 Å². The van der Waals surface area contributed by atoms with Crippen LogP contribution in [0.3, 0.4) is 0 Å². The quantitative estimate of drug-likeness (QED) is 0.603. The molecule has 3 atom stereocenters. The van der Waals surface area contributed by atoms with E-state index in [4.69, 9.17) is 14.2 Å². The van der Waals surface area contributed by atoms with Gasteiger partial charge in [-0.3, -0.25) is 4.79 Å². The van der Waals surface area contributed by atoms with Crippen LogP contribution < -0.4 is 14.2 Å². The molecule has 0 amide bonds. The number of carbonyl (C=O) groups is 1. The van der Waals surface area contributed by atoms with Crippen LogP contribution in [0.15, 0.2) is 40.4 Å². The number of ketones is 1. The predicted octanol–water partition coefficient (Wildman–Crippen LogP) is 4.56. The van der Waals surface area contributed by atoms with Gasteiger partial charge in [0.1, 0.15) is 27.5 Å². The van der Waals surface area contributed by atoms with E-state index in [1.165, 1.54) is 7.11 Å². The second-order valence-corrected chi connectivity index (χ2v) is 9.27. The summed E-state index contributed by atoms with van der Waals surface area (Å²) >= 11 is 3.53. The lowest BCUT2D eigenvalue weighted by molar-refractivity contribution is -0.118. The van der Waals surface area contributed by atoms with Crippen LogP contribution in [-0.4, -0.2) is 37.3 Å². The van der Waals surface area contributed by atoms with Gasteiger partial charge in [-0.05, 0) is 58.1 Å². The number of ether oxygens (including phenoxy) is 3. The Morgan fingerprint density at radius 3 is 2.47 bits per heavy atom. The number of benzene rings is 2. The number of halogens is 1. The van der Waals surface area contributed by atoms with Gasteiger partial charge in [0.05, 0.1) is 49.9 Å². The minimum atomic E-state index is -1.11. The lowest BCUT2D eigenvalue weighted by atomic mass is 9.61. The molecule has 0 heterocycles. The van der Waals surface area contributed by atoms with Crippen molar-refractivity contribution in [2.75, 3.05) is 21.3 Å². The fourth-order valence-corrected chi connectivity index (χ4v) is 6.15. The zero-order valence-corrected chi connectivity index (χ0v) is 19.7. The molecule has 0 fully saturated rings. The normalized spacial score (nSPS) is 25.1. The number of rotatable bonds is 3. The number of aliphatic hydroxyl groups excluding tert-OH is 2. The molecule has 2 aromatic carbocycles. The van der Waals surface area contributed by atoms with Gasteiger partial charge in [0.15, 0.2) is 5.78 Å². The highest BCUT2D eigenvalue weighted by molar-refractivity contribution is 9.10. The first-order valence-corrected chi connectivity index (χ1v) is 11.1. The highest BCUT2D eigenvalue weighted by Gasteiger charge is 2.56. The molecular formula is C25H23BrO6. The summed E-state index contributed by atoms with van der Waals surface area (Å²) in [6, 6.07) is 5.49. The summed E-state index contributed by atoms with van der Waals surface area (Å²) in [6.45, 7) is 1.90. The van der Waals surface area contributed by atoms with Gasteiger partial charge in [0.25, 0.3) is 0 Å². The average Bonchev–Trinajstić information content (AvgIpc) is 3.00. The average molecular weight is 499 g/mol. The SMILES string of the molecule is COc1cc2c(c(OC)c1Br)[C@H]1C=C[C@@]3(C2)C(=C(O)c2c(OC)cc(C)cc2[C@@H]3O)C1=O. The molecule has 1 spiro atoms. The number of carbonyl (C=O) groups excluding carboxylic acids is 1. The van der Waals surface area contributed by atoms with E-state index in [-0.39, 0.29) is 17.1 Å². The molecule has 0 saturated heterocycles. The molecule has 0 aromatic heterocycles. The number of fused-ring (bicyclic) bond motifs is 1. The number of methoxy groups -OCH3 is 3. The van der Waals surface area contributed by atoms with Crippen molar-refractivity contribution in [3.05, 3.63) is 68.2 Å². The Morgan fingerprint density at radius 2 is 1.81 bits per heavy atom.